The van der Waals surface area contributed by atoms with Crippen LogP contribution >= 0.6 is 23.5 Å². The molecule has 12 nitrogen and oxygen atoms in total. The van der Waals surface area contributed by atoms with Crippen LogP contribution in [0.1, 0.15) is 135 Å². The van der Waals surface area contributed by atoms with Crippen LogP contribution in [0.3, 0.4) is 0 Å². The number of carbonyl (C=O) groups excluding carboxylic acids is 2. The van der Waals surface area contributed by atoms with E-state index in [1.54, 1.807) is 36.0 Å². The number of rotatable bonds is 16. The van der Waals surface area contributed by atoms with Gasteiger partial charge >= 0.3 is 11.9 Å². The first-order valence-electron chi connectivity index (χ1n) is 20.5. The van der Waals surface area contributed by atoms with E-state index in [2.05, 4.69) is 34.4 Å². The maximum Gasteiger partial charge on any atom is 0.335 e. The number of amides is 2. The van der Waals surface area contributed by atoms with Gasteiger partial charge in [-0.1, -0.05) is 58.4 Å². The molecule has 14 heteroatoms. The quantitative estimate of drug-likeness (QED) is 0.101. The molecular weight excluding hydrogens is 763 g/mol. The van der Waals surface area contributed by atoms with Gasteiger partial charge in [-0.15, -0.1) is 23.5 Å². The van der Waals surface area contributed by atoms with Crippen LogP contribution in [0.15, 0.2) is 58.6 Å². The lowest BCUT2D eigenvalue weighted by molar-refractivity contribution is -0.137. The maximum atomic E-state index is 12.9. The fourth-order valence-electron chi connectivity index (χ4n) is 7.34. The van der Waals surface area contributed by atoms with Crippen LogP contribution in [0.5, 0.6) is 11.6 Å². The zero-order chi connectivity index (χ0) is 40.6. The van der Waals surface area contributed by atoms with Gasteiger partial charge in [0.05, 0.1) is 16.7 Å². The Balaban J connectivity index is 0.000000218. The Morgan fingerprint density at radius 1 is 0.754 bits per heavy atom. The van der Waals surface area contributed by atoms with Gasteiger partial charge in [-0.25, -0.2) is 14.8 Å². The minimum absolute atomic E-state index is 0.0188. The normalized spacial score (nSPS) is 17.3. The first-order valence-corrected chi connectivity index (χ1v) is 22.5. The van der Waals surface area contributed by atoms with E-state index in [1.807, 2.05) is 12.1 Å². The zero-order valence-corrected chi connectivity index (χ0v) is 34.8. The van der Waals surface area contributed by atoms with E-state index in [9.17, 15) is 19.2 Å². The van der Waals surface area contributed by atoms with E-state index in [-0.39, 0.29) is 41.8 Å². The van der Waals surface area contributed by atoms with Crippen molar-refractivity contribution < 1.29 is 34.1 Å². The number of carboxylic acids is 2. The van der Waals surface area contributed by atoms with E-state index >= 15 is 0 Å². The lowest BCUT2D eigenvalue weighted by Gasteiger charge is -2.24. The molecule has 0 unspecified atom stereocenters. The van der Waals surface area contributed by atoms with E-state index in [0.717, 1.165) is 86.7 Å². The van der Waals surface area contributed by atoms with Crippen LogP contribution in [-0.4, -0.2) is 80.6 Å². The SMILES string of the molecule is CCCSc1nc(N2CC[C@@H](CC(=O)O)C2)ccc1C(=O)NC1CCCCC1.CCCSc1nc(Oc2cccc(C(=O)O)c2)ccc1C(=O)NC1CCCCC1. The van der Waals surface area contributed by atoms with Gasteiger partial charge in [0, 0.05) is 37.7 Å². The molecule has 3 aromatic rings. The van der Waals surface area contributed by atoms with Crippen molar-refractivity contribution >= 4 is 53.1 Å². The van der Waals surface area contributed by atoms with Gasteiger partial charge in [0.15, 0.2) is 0 Å². The predicted molar refractivity (Wildman–Crippen MR) is 225 cm³/mol. The number of aromatic carboxylic acids is 1. The number of pyridine rings is 2. The zero-order valence-electron chi connectivity index (χ0n) is 33.2. The van der Waals surface area contributed by atoms with Gasteiger partial charge in [0.25, 0.3) is 11.8 Å². The van der Waals surface area contributed by atoms with Gasteiger partial charge in [0.2, 0.25) is 5.88 Å². The summed E-state index contributed by atoms with van der Waals surface area (Å²) in [7, 11) is 0. The molecule has 0 spiro atoms. The highest BCUT2D eigenvalue weighted by molar-refractivity contribution is 7.99. The van der Waals surface area contributed by atoms with Crippen molar-refractivity contribution in [1.82, 2.24) is 20.6 Å². The number of carboxylic acid groups (broad SMARTS) is 2. The highest BCUT2D eigenvalue weighted by Crippen LogP contribution is 2.31. The smallest absolute Gasteiger partial charge is 0.335 e. The summed E-state index contributed by atoms with van der Waals surface area (Å²) >= 11 is 3.15. The molecule has 3 aliphatic rings. The molecule has 1 saturated heterocycles. The van der Waals surface area contributed by atoms with Crippen molar-refractivity contribution in [2.45, 2.75) is 126 Å². The number of hydrogen-bond donors (Lipinski definition) is 4. The Kier molecular flexibility index (Phi) is 17.4. The Morgan fingerprint density at radius 2 is 1.33 bits per heavy atom. The molecule has 0 radical (unpaired) electrons. The number of hydrogen-bond acceptors (Lipinski definition) is 10. The first-order chi connectivity index (χ1) is 27.6. The molecule has 6 rings (SSSR count). The van der Waals surface area contributed by atoms with Gasteiger partial charge in [-0.2, -0.15) is 0 Å². The lowest BCUT2D eigenvalue weighted by Crippen LogP contribution is -2.36. The Bertz CT molecular complexity index is 1820. The van der Waals surface area contributed by atoms with Crippen molar-refractivity contribution in [1.29, 1.82) is 0 Å². The van der Waals surface area contributed by atoms with Gasteiger partial charge in [-0.05, 0) is 98.8 Å². The summed E-state index contributed by atoms with van der Waals surface area (Å²) in [6.45, 7) is 5.73. The summed E-state index contributed by atoms with van der Waals surface area (Å²) in [6, 6.07) is 14.0. The standard InChI is InChI=1S/C22H26N2O4S.C21H31N3O3S/c1-2-13-29-21-18(20(25)23-16-8-4-3-5-9-16)11-12-19(24-21)28-17-10-6-7-15(14-17)22(26)27;1-2-12-28-21-17(20(27)22-16-6-4-3-5-7-16)8-9-18(23-21)24-11-10-15(14-24)13-19(25)26/h6-7,10-12,14,16H,2-5,8-9,13H2,1H3,(H,23,25)(H,26,27);8-9,15-16H,2-7,10-14H2,1H3,(H,22,27)(H,25,26)/t;15-/m.0/s1. The molecule has 2 saturated carbocycles. The first kappa shape index (κ1) is 43.8. The van der Waals surface area contributed by atoms with Gasteiger partial charge in [0.1, 0.15) is 21.6 Å². The molecule has 4 N–H and O–H groups in total. The largest absolute Gasteiger partial charge is 0.481 e. The number of ether oxygens (including phenoxy) is 1. The van der Waals surface area contributed by atoms with E-state index in [1.165, 1.54) is 49.6 Å². The molecule has 3 heterocycles. The molecule has 1 aliphatic heterocycles. The van der Waals surface area contributed by atoms with E-state index in [0.29, 0.717) is 34.3 Å². The third-order valence-electron chi connectivity index (χ3n) is 10.3. The third-order valence-corrected chi connectivity index (χ3v) is 12.7. The molecule has 308 valence electrons. The molecule has 2 aliphatic carbocycles. The van der Waals surface area contributed by atoms with Crippen molar-refractivity contribution in [2.75, 3.05) is 29.5 Å². The molecule has 0 bridgehead atoms. The molecule has 2 amide bonds. The fraction of sp³-hybridized carbons (Fsp3) is 0.535. The summed E-state index contributed by atoms with van der Waals surface area (Å²) in [5.41, 5.74) is 1.36. The number of nitrogens with one attached hydrogen (secondary N) is 2. The minimum Gasteiger partial charge on any atom is -0.481 e. The number of carbonyl (C=O) groups is 4. The van der Waals surface area contributed by atoms with Crippen LogP contribution in [-0.2, 0) is 4.79 Å². The van der Waals surface area contributed by atoms with Crippen LogP contribution < -0.4 is 20.3 Å². The minimum atomic E-state index is -1.02. The second-order valence-corrected chi connectivity index (χ2v) is 17.1. The van der Waals surface area contributed by atoms with Crippen LogP contribution in [0.2, 0.25) is 0 Å². The number of nitrogens with zero attached hydrogens (tertiary/aromatic N) is 3. The summed E-state index contributed by atoms with van der Waals surface area (Å²) in [6.07, 6.45) is 14.4. The average molecular weight is 820 g/mol. The maximum absolute atomic E-state index is 12.9. The molecule has 3 fully saturated rings. The fourth-order valence-corrected chi connectivity index (χ4v) is 9.08. The van der Waals surface area contributed by atoms with Crippen molar-refractivity contribution in [2.24, 2.45) is 5.92 Å². The van der Waals surface area contributed by atoms with Crippen molar-refractivity contribution in [3.8, 4) is 11.6 Å². The number of thioether (sulfide) groups is 2. The second-order valence-electron chi connectivity index (χ2n) is 15.0. The highest BCUT2D eigenvalue weighted by atomic mass is 32.2. The summed E-state index contributed by atoms with van der Waals surface area (Å²) in [5, 5.41) is 25.9. The Hall–Kier alpha value is -4.30. The summed E-state index contributed by atoms with van der Waals surface area (Å²) in [5.74, 6) is 1.63. The number of anilines is 1. The topological polar surface area (TPSA) is 171 Å². The number of benzene rings is 1. The average Bonchev–Trinajstić information content (AvgIpc) is 3.68. The highest BCUT2D eigenvalue weighted by Gasteiger charge is 2.27. The molecule has 57 heavy (non-hydrogen) atoms. The van der Waals surface area contributed by atoms with Crippen molar-refractivity contribution in [3.05, 3.63) is 65.2 Å². The molecule has 2 aromatic heterocycles. The molecule has 1 atom stereocenters. The molecule has 1 aromatic carbocycles. The van der Waals surface area contributed by atoms with Gasteiger partial charge in [-0.3, -0.25) is 14.4 Å². The van der Waals surface area contributed by atoms with E-state index in [4.69, 9.17) is 19.9 Å². The monoisotopic (exact) mass is 819 g/mol. The number of aliphatic carboxylic acids is 1. The Morgan fingerprint density at radius 3 is 1.89 bits per heavy atom. The summed E-state index contributed by atoms with van der Waals surface area (Å²) in [4.78, 5) is 59.3. The van der Waals surface area contributed by atoms with Crippen LogP contribution in [0, 0.1) is 5.92 Å². The van der Waals surface area contributed by atoms with E-state index < -0.39 is 11.9 Å². The lowest BCUT2D eigenvalue weighted by atomic mass is 9.95. The number of aromatic nitrogens is 2. The predicted octanol–water partition coefficient (Wildman–Crippen LogP) is 9.08. The third kappa shape index (κ3) is 13.7. The second kappa shape index (κ2) is 22.6. The van der Waals surface area contributed by atoms with Crippen LogP contribution in [0.25, 0.3) is 0 Å². The molecular formula is C43H57N5O7S2. The van der Waals surface area contributed by atoms with Crippen molar-refractivity contribution in [3.63, 3.8) is 0 Å². The summed E-state index contributed by atoms with van der Waals surface area (Å²) < 4.78 is 5.76. The van der Waals surface area contributed by atoms with Crippen LogP contribution in [0.4, 0.5) is 5.82 Å². The Labute approximate surface area is 344 Å². The van der Waals surface area contributed by atoms with Gasteiger partial charge < -0.3 is 30.5 Å².